The summed E-state index contributed by atoms with van der Waals surface area (Å²) in [5.41, 5.74) is -0.884. The van der Waals surface area contributed by atoms with Crippen LogP contribution in [-0.4, -0.2) is 74.1 Å². The Kier molecular flexibility index (Phi) is 12.7. The van der Waals surface area contributed by atoms with Gasteiger partial charge in [-0.1, -0.05) is 46.8 Å². The summed E-state index contributed by atoms with van der Waals surface area (Å²) in [7, 11) is -2.51. The van der Waals surface area contributed by atoms with Crippen molar-refractivity contribution < 1.29 is 42.9 Å². The lowest BCUT2D eigenvalue weighted by atomic mass is 9.79. The fraction of sp³-hybridized carbons (Fsp3) is 0.793. The van der Waals surface area contributed by atoms with E-state index in [-0.39, 0.29) is 42.3 Å². The Hall–Kier alpha value is -1.88. The van der Waals surface area contributed by atoms with Gasteiger partial charge >= 0.3 is 11.9 Å². The molecular formula is C29H50O9Si. The van der Waals surface area contributed by atoms with Crippen LogP contribution in [0.2, 0.25) is 18.1 Å². The second kappa shape index (κ2) is 14.1. The number of carbonyl (C=O) groups is 4. The minimum atomic E-state index is -2.51. The highest BCUT2D eigenvalue weighted by molar-refractivity contribution is 6.74. The predicted molar refractivity (Wildman–Crippen MR) is 151 cm³/mol. The van der Waals surface area contributed by atoms with Gasteiger partial charge in [-0.3, -0.25) is 19.2 Å². The van der Waals surface area contributed by atoms with Gasteiger partial charge in [0, 0.05) is 32.6 Å². The average molecular weight is 571 g/mol. The van der Waals surface area contributed by atoms with Crippen LogP contribution >= 0.6 is 0 Å². The minimum Gasteiger partial charge on any atom is -0.465 e. The van der Waals surface area contributed by atoms with Crippen LogP contribution in [0.3, 0.4) is 0 Å². The summed E-state index contributed by atoms with van der Waals surface area (Å²) in [6.07, 6.45) is 1.42. The maximum Gasteiger partial charge on any atom is 0.302 e. The molecule has 1 aliphatic heterocycles. The van der Waals surface area contributed by atoms with E-state index in [1.807, 2.05) is 32.9 Å². The zero-order chi connectivity index (χ0) is 30.3. The quantitative estimate of drug-likeness (QED) is 0.124. The van der Waals surface area contributed by atoms with E-state index >= 15 is 0 Å². The number of esters is 2. The van der Waals surface area contributed by atoms with Crippen molar-refractivity contribution in [2.75, 3.05) is 13.2 Å². The zero-order valence-corrected chi connectivity index (χ0v) is 26.7. The molecule has 7 atom stereocenters. The topological polar surface area (TPSA) is 129 Å². The van der Waals surface area contributed by atoms with E-state index in [1.54, 1.807) is 6.92 Å². The van der Waals surface area contributed by atoms with Crippen molar-refractivity contribution in [2.45, 2.75) is 117 Å². The Morgan fingerprint density at radius 2 is 1.56 bits per heavy atom. The van der Waals surface area contributed by atoms with Crippen molar-refractivity contribution in [3.63, 3.8) is 0 Å². The number of allylic oxidation sites excluding steroid dienone is 1. The summed E-state index contributed by atoms with van der Waals surface area (Å²) in [5, 5.41) is 10.8. The molecule has 0 aliphatic carbocycles. The van der Waals surface area contributed by atoms with Gasteiger partial charge in [0.2, 0.25) is 0 Å². The molecule has 1 saturated heterocycles. The van der Waals surface area contributed by atoms with Crippen LogP contribution in [0.15, 0.2) is 12.2 Å². The molecule has 0 radical (unpaired) electrons. The lowest BCUT2D eigenvalue weighted by Gasteiger charge is -2.43. The first-order valence-corrected chi connectivity index (χ1v) is 16.7. The highest BCUT2D eigenvalue weighted by Crippen LogP contribution is 2.50. The molecular weight excluding hydrogens is 520 g/mol. The Balaban J connectivity index is 3.65. The zero-order valence-electron chi connectivity index (χ0n) is 25.7. The molecule has 0 aromatic carbocycles. The largest absolute Gasteiger partial charge is 0.465 e. The van der Waals surface area contributed by atoms with E-state index in [4.69, 9.17) is 18.6 Å². The SMILES string of the molecule is CC=C[C@H](C)[C@H]1OC1(C)[C@@H](O[Si](C)(C)C(C)(C)C)[C@@H](COC(C)=O)C(=O)[C@H](COC(C)=O)[C@H](O)CC(=O)CC. The molecule has 39 heavy (non-hydrogen) atoms. The van der Waals surface area contributed by atoms with E-state index in [1.165, 1.54) is 13.8 Å². The van der Waals surface area contributed by atoms with E-state index < -0.39 is 62.3 Å². The lowest BCUT2D eigenvalue weighted by molar-refractivity contribution is -0.152. The van der Waals surface area contributed by atoms with Crippen LogP contribution in [0.1, 0.15) is 75.2 Å². The van der Waals surface area contributed by atoms with Gasteiger partial charge in [-0.15, -0.1) is 0 Å². The predicted octanol–water partition coefficient (Wildman–Crippen LogP) is 4.40. The third-order valence-electron chi connectivity index (χ3n) is 7.98. The molecule has 0 saturated carbocycles. The number of ether oxygens (including phenoxy) is 3. The molecule has 0 spiro atoms. The number of carbonyl (C=O) groups excluding carboxylic acids is 4. The number of Topliss-reactive ketones (excluding diaryl/α,β-unsaturated/α-hetero) is 2. The number of rotatable bonds is 16. The summed E-state index contributed by atoms with van der Waals surface area (Å²) >= 11 is 0. The van der Waals surface area contributed by atoms with E-state index in [9.17, 15) is 24.3 Å². The van der Waals surface area contributed by atoms with Gasteiger partial charge in [-0.05, 0) is 32.0 Å². The van der Waals surface area contributed by atoms with Gasteiger partial charge in [0.15, 0.2) is 14.1 Å². The number of aliphatic hydroxyl groups is 1. The van der Waals surface area contributed by atoms with E-state index in [0.717, 1.165) is 0 Å². The fourth-order valence-electron chi connectivity index (χ4n) is 4.51. The van der Waals surface area contributed by atoms with Crippen molar-refractivity contribution in [1.29, 1.82) is 0 Å². The molecule has 10 heteroatoms. The molecule has 0 amide bonds. The second-order valence-electron chi connectivity index (χ2n) is 12.3. The van der Waals surface area contributed by atoms with Crippen LogP contribution in [0.4, 0.5) is 0 Å². The molecule has 1 unspecified atom stereocenters. The molecule has 1 fully saturated rings. The van der Waals surface area contributed by atoms with E-state index in [0.29, 0.717) is 0 Å². The monoisotopic (exact) mass is 570 g/mol. The van der Waals surface area contributed by atoms with Crippen LogP contribution in [0.25, 0.3) is 0 Å². The van der Waals surface area contributed by atoms with Gasteiger partial charge in [0.25, 0.3) is 0 Å². The van der Waals surface area contributed by atoms with Crippen LogP contribution < -0.4 is 0 Å². The fourth-order valence-corrected chi connectivity index (χ4v) is 5.89. The number of hydrogen-bond donors (Lipinski definition) is 1. The maximum atomic E-state index is 14.2. The Morgan fingerprint density at radius 3 is 2.00 bits per heavy atom. The third kappa shape index (κ3) is 9.62. The van der Waals surface area contributed by atoms with Crippen molar-refractivity contribution >= 4 is 31.8 Å². The van der Waals surface area contributed by atoms with Gasteiger partial charge in [0.1, 0.15) is 24.6 Å². The van der Waals surface area contributed by atoms with Crippen LogP contribution in [-0.2, 0) is 37.8 Å². The summed E-state index contributed by atoms with van der Waals surface area (Å²) < 4.78 is 23.7. The molecule has 1 rings (SSSR count). The summed E-state index contributed by atoms with van der Waals surface area (Å²) in [6, 6.07) is 0. The van der Waals surface area contributed by atoms with Gasteiger partial charge in [-0.2, -0.15) is 0 Å². The first-order valence-electron chi connectivity index (χ1n) is 13.8. The maximum absolute atomic E-state index is 14.2. The van der Waals surface area contributed by atoms with Gasteiger partial charge < -0.3 is 23.7 Å². The number of hydrogen-bond acceptors (Lipinski definition) is 9. The molecule has 9 nitrogen and oxygen atoms in total. The summed E-state index contributed by atoms with van der Waals surface area (Å²) in [6.45, 7) is 19.6. The molecule has 1 aliphatic rings. The minimum absolute atomic E-state index is 0.0274. The van der Waals surface area contributed by atoms with Crippen molar-refractivity contribution in [2.24, 2.45) is 17.8 Å². The summed E-state index contributed by atoms with van der Waals surface area (Å²) in [4.78, 5) is 49.9. The lowest BCUT2D eigenvalue weighted by Crippen LogP contribution is -2.55. The van der Waals surface area contributed by atoms with E-state index in [2.05, 4.69) is 33.9 Å². The van der Waals surface area contributed by atoms with Gasteiger partial charge in [0.05, 0.1) is 30.1 Å². The average Bonchev–Trinajstić information content (AvgIpc) is 3.50. The molecule has 1 heterocycles. The highest BCUT2D eigenvalue weighted by Gasteiger charge is 2.64. The Bertz CT molecular complexity index is 907. The van der Waals surface area contributed by atoms with Crippen molar-refractivity contribution in [3.05, 3.63) is 12.2 Å². The Morgan fingerprint density at radius 1 is 1.05 bits per heavy atom. The first-order chi connectivity index (χ1) is 17.8. The standard InChI is InChI=1S/C29H50O9Si/c1-12-14-18(3)26-29(9,37-26)27(38-39(10,11)28(6,7)8)23(17-36-20(5)31)25(34)22(16-35-19(4)30)24(33)15-21(32)13-2/h12,14,18,22-24,26-27,33H,13,15-17H2,1-11H3/t18-,22+,23-,24+,26+,27-,29?/m0/s1. The highest BCUT2D eigenvalue weighted by atomic mass is 28.4. The first kappa shape index (κ1) is 35.1. The Labute approximate surface area is 235 Å². The smallest absolute Gasteiger partial charge is 0.302 e. The number of aliphatic hydroxyl groups excluding tert-OH is 1. The summed E-state index contributed by atoms with van der Waals surface area (Å²) in [5.74, 6) is -4.16. The molecule has 224 valence electrons. The number of ketones is 2. The normalized spacial score (nSPS) is 23.4. The second-order valence-corrected chi connectivity index (χ2v) is 17.0. The molecule has 0 bridgehead atoms. The number of epoxide rings is 1. The van der Waals surface area contributed by atoms with Crippen LogP contribution in [0, 0.1) is 17.8 Å². The molecule has 0 aromatic rings. The third-order valence-corrected chi connectivity index (χ3v) is 12.4. The van der Waals surface area contributed by atoms with Crippen molar-refractivity contribution in [1.82, 2.24) is 0 Å². The molecule has 1 N–H and O–H groups in total. The van der Waals surface area contributed by atoms with Crippen molar-refractivity contribution in [3.8, 4) is 0 Å². The molecule has 0 aromatic heterocycles. The van der Waals surface area contributed by atoms with Crippen LogP contribution in [0.5, 0.6) is 0 Å². The van der Waals surface area contributed by atoms with Gasteiger partial charge in [-0.25, -0.2) is 0 Å².